The molecule has 1 rings (SSSR count). The van der Waals surface area contributed by atoms with Crippen LogP contribution in [0.25, 0.3) is 0 Å². The van der Waals surface area contributed by atoms with Gasteiger partial charge in [-0.1, -0.05) is 0 Å². The molecule has 2 unspecified atom stereocenters. The van der Waals surface area contributed by atoms with Crippen LogP contribution in [-0.4, -0.2) is 48.1 Å². The molecular weight excluding hydrogens is 210 g/mol. The summed E-state index contributed by atoms with van der Waals surface area (Å²) >= 11 is 0. The fourth-order valence-electron chi connectivity index (χ4n) is 1.84. The van der Waals surface area contributed by atoms with Crippen LogP contribution in [0.15, 0.2) is 0 Å². The number of carboxylic acids is 1. The van der Waals surface area contributed by atoms with Crippen LogP contribution in [0, 0.1) is 0 Å². The highest BCUT2D eigenvalue weighted by atomic mass is 16.5. The van der Waals surface area contributed by atoms with Gasteiger partial charge in [-0.3, -0.25) is 4.79 Å². The molecule has 0 aromatic heterocycles. The van der Waals surface area contributed by atoms with Gasteiger partial charge >= 0.3 is 5.97 Å². The van der Waals surface area contributed by atoms with Gasteiger partial charge in [0.15, 0.2) is 0 Å². The van der Waals surface area contributed by atoms with Gasteiger partial charge in [0.1, 0.15) is 0 Å². The minimum Gasteiger partial charge on any atom is -0.481 e. The van der Waals surface area contributed by atoms with E-state index in [2.05, 4.69) is 5.32 Å². The number of carbonyl (C=O) groups is 1. The van der Waals surface area contributed by atoms with E-state index in [1.165, 1.54) is 6.42 Å². The van der Waals surface area contributed by atoms with Gasteiger partial charge in [-0.15, -0.1) is 0 Å². The largest absolute Gasteiger partial charge is 0.481 e. The van der Waals surface area contributed by atoms with Crippen molar-refractivity contribution in [1.82, 2.24) is 5.32 Å². The van der Waals surface area contributed by atoms with E-state index in [1.807, 2.05) is 0 Å². The molecular formula is C11H21NO4. The van der Waals surface area contributed by atoms with Crippen molar-refractivity contribution in [2.45, 2.75) is 44.3 Å². The van der Waals surface area contributed by atoms with Crippen molar-refractivity contribution in [3.05, 3.63) is 0 Å². The first kappa shape index (κ1) is 13.4. The molecule has 1 heterocycles. The number of aliphatic hydroxyl groups is 1. The number of nitrogens with one attached hydrogen (secondary N) is 1. The smallest absolute Gasteiger partial charge is 0.306 e. The predicted molar refractivity (Wildman–Crippen MR) is 59.3 cm³/mol. The normalized spacial score (nSPS) is 22.9. The van der Waals surface area contributed by atoms with Gasteiger partial charge in [0.25, 0.3) is 0 Å². The molecule has 0 radical (unpaired) electrons. The van der Waals surface area contributed by atoms with Crippen LogP contribution in [0.5, 0.6) is 0 Å². The third-order valence-electron chi connectivity index (χ3n) is 2.71. The molecule has 1 fully saturated rings. The van der Waals surface area contributed by atoms with Crippen molar-refractivity contribution in [3.8, 4) is 0 Å². The second-order valence-electron chi connectivity index (χ2n) is 4.23. The van der Waals surface area contributed by atoms with Crippen LogP contribution in [0.4, 0.5) is 0 Å². The first-order valence-corrected chi connectivity index (χ1v) is 5.90. The molecule has 5 heteroatoms. The number of rotatable bonds is 7. The Morgan fingerprint density at radius 2 is 2.31 bits per heavy atom. The Labute approximate surface area is 95.8 Å². The quantitative estimate of drug-likeness (QED) is 0.552. The first-order chi connectivity index (χ1) is 7.68. The lowest BCUT2D eigenvalue weighted by Gasteiger charge is -2.22. The first-order valence-electron chi connectivity index (χ1n) is 5.90. The van der Waals surface area contributed by atoms with Gasteiger partial charge in [-0.05, 0) is 32.2 Å². The SMILES string of the molecule is O=C(O)CC(O)CNCCC1CCCCO1. The summed E-state index contributed by atoms with van der Waals surface area (Å²) in [6.45, 7) is 1.95. The summed E-state index contributed by atoms with van der Waals surface area (Å²) in [5.41, 5.74) is 0. The molecule has 0 aromatic carbocycles. The number of hydrogen-bond donors (Lipinski definition) is 3. The molecule has 1 saturated heterocycles. The molecule has 0 spiro atoms. The summed E-state index contributed by atoms with van der Waals surface area (Å²) in [5.74, 6) is -0.968. The highest BCUT2D eigenvalue weighted by Gasteiger charge is 2.13. The van der Waals surface area contributed by atoms with E-state index in [1.54, 1.807) is 0 Å². The predicted octanol–water partition coefficient (Wildman–Crippen LogP) is 0.371. The summed E-state index contributed by atoms with van der Waals surface area (Å²) in [6, 6.07) is 0. The lowest BCUT2D eigenvalue weighted by atomic mass is 10.1. The Morgan fingerprint density at radius 1 is 1.50 bits per heavy atom. The maximum atomic E-state index is 10.3. The summed E-state index contributed by atoms with van der Waals surface area (Å²) in [5, 5.41) is 20.8. The van der Waals surface area contributed by atoms with Crippen molar-refractivity contribution in [2.75, 3.05) is 19.7 Å². The molecule has 16 heavy (non-hydrogen) atoms. The van der Waals surface area contributed by atoms with Crippen molar-refractivity contribution in [2.24, 2.45) is 0 Å². The number of hydrogen-bond acceptors (Lipinski definition) is 4. The van der Waals surface area contributed by atoms with E-state index in [-0.39, 0.29) is 6.42 Å². The molecule has 5 nitrogen and oxygen atoms in total. The van der Waals surface area contributed by atoms with Crippen molar-refractivity contribution >= 4 is 5.97 Å². The zero-order valence-electron chi connectivity index (χ0n) is 9.52. The number of ether oxygens (including phenoxy) is 1. The molecule has 0 saturated carbocycles. The second-order valence-corrected chi connectivity index (χ2v) is 4.23. The molecule has 0 aromatic rings. The van der Waals surface area contributed by atoms with Crippen LogP contribution < -0.4 is 5.32 Å². The Balaban J connectivity index is 1.96. The highest BCUT2D eigenvalue weighted by molar-refractivity contribution is 5.67. The summed E-state index contributed by atoms with van der Waals surface area (Å²) < 4.78 is 5.55. The van der Waals surface area contributed by atoms with E-state index in [4.69, 9.17) is 9.84 Å². The van der Waals surface area contributed by atoms with Gasteiger partial charge in [0, 0.05) is 13.2 Å². The van der Waals surface area contributed by atoms with Gasteiger partial charge in [0.05, 0.1) is 18.6 Å². The molecule has 0 bridgehead atoms. The zero-order chi connectivity index (χ0) is 11.8. The van der Waals surface area contributed by atoms with Gasteiger partial charge in [-0.25, -0.2) is 0 Å². The topological polar surface area (TPSA) is 78.8 Å². The summed E-state index contributed by atoms with van der Waals surface area (Å²) in [7, 11) is 0. The minimum atomic E-state index is -0.968. The van der Waals surface area contributed by atoms with Crippen LogP contribution in [0.3, 0.4) is 0 Å². The zero-order valence-corrected chi connectivity index (χ0v) is 9.52. The van der Waals surface area contributed by atoms with E-state index >= 15 is 0 Å². The summed E-state index contributed by atoms with van der Waals surface area (Å²) in [6.07, 6.45) is 3.75. The third kappa shape index (κ3) is 6.05. The molecule has 0 amide bonds. The number of carboxylic acid groups (broad SMARTS) is 1. The van der Waals surface area contributed by atoms with Crippen LogP contribution in [0.2, 0.25) is 0 Å². The Bertz CT molecular complexity index is 204. The molecule has 1 aliphatic rings. The van der Waals surface area contributed by atoms with Crippen molar-refractivity contribution in [3.63, 3.8) is 0 Å². The van der Waals surface area contributed by atoms with E-state index in [9.17, 15) is 9.90 Å². The maximum Gasteiger partial charge on any atom is 0.306 e. The van der Waals surface area contributed by atoms with E-state index < -0.39 is 12.1 Å². The molecule has 3 N–H and O–H groups in total. The molecule has 0 aliphatic carbocycles. The van der Waals surface area contributed by atoms with Gasteiger partial charge in [0.2, 0.25) is 0 Å². The maximum absolute atomic E-state index is 10.3. The fourth-order valence-corrected chi connectivity index (χ4v) is 1.84. The van der Waals surface area contributed by atoms with E-state index in [0.717, 1.165) is 32.4 Å². The second kappa shape index (κ2) is 7.60. The highest BCUT2D eigenvalue weighted by Crippen LogP contribution is 2.14. The average Bonchev–Trinajstić information content (AvgIpc) is 2.25. The van der Waals surface area contributed by atoms with Crippen molar-refractivity contribution in [1.29, 1.82) is 0 Å². The third-order valence-corrected chi connectivity index (χ3v) is 2.71. The van der Waals surface area contributed by atoms with Gasteiger partial charge < -0.3 is 20.3 Å². The van der Waals surface area contributed by atoms with Crippen LogP contribution in [0.1, 0.15) is 32.1 Å². The number of aliphatic hydroxyl groups excluding tert-OH is 1. The molecule has 1 aliphatic heterocycles. The Hall–Kier alpha value is -0.650. The fraction of sp³-hybridized carbons (Fsp3) is 0.909. The number of aliphatic carboxylic acids is 1. The lowest BCUT2D eigenvalue weighted by molar-refractivity contribution is -0.139. The molecule has 2 atom stereocenters. The molecule has 94 valence electrons. The average molecular weight is 231 g/mol. The minimum absolute atomic E-state index is 0.201. The lowest BCUT2D eigenvalue weighted by Crippen LogP contribution is -2.31. The van der Waals surface area contributed by atoms with Crippen LogP contribution >= 0.6 is 0 Å². The standard InChI is InChI=1S/C11H21NO4/c13-9(7-11(14)15)8-12-5-4-10-3-1-2-6-16-10/h9-10,12-13H,1-8H2,(H,14,15). The van der Waals surface area contributed by atoms with Gasteiger partial charge in [-0.2, -0.15) is 0 Å². The summed E-state index contributed by atoms with van der Waals surface area (Å²) in [4.78, 5) is 10.3. The monoisotopic (exact) mass is 231 g/mol. The van der Waals surface area contributed by atoms with Crippen molar-refractivity contribution < 1.29 is 19.7 Å². The Morgan fingerprint density at radius 3 is 2.94 bits per heavy atom. The Kier molecular flexibility index (Phi) is 6.37. The van der Waals surface area contributed by atoms with E-state index in [0.29, 0.717) is 12.6 Å². The van der Waals surface area contributed by atoms with Crippen LogP contribution in [-0.2, 0) is 9.53 Å².